The van der Waals surface area contributed by atoms with E-state index in [0.717, 1.165) is 50.1 Å². The zero-order valence-corrected chi connectivity index (χ0v) is 18.2. The van der Waals surface area contributed by atoms with E-state index < -0.39 is 0 Å². The van der Waals surface area contributed by atoms with Crippen molar-refractivity contribution in [3.8, 4) is 11.5 Å². The summed E-state index contributed by atoms with van der Waals surface area (Å²) in [4.78, 5) is 25.3. The number of aromatic nitrogens is 1. The lowest BCUT2D eigenvalue weighted by molar-refractivity contribution is 0.160. The minimum atomic E-state index is 0.0696. The smallest absolute Gasteiger partial charge is 0.324 e. The van der Waals surface area contributed by atoms with E-state index in [1.807, 2.05) is 42.2 Å². The average Bonchev–Trinajstić information content (AvgIpc) is 3.17. The molecule has 0 saturated carbocycles. The maximum absolute atomic E-state index is 12.6. The van der Waals surface area contributed by atoms with E-state index in [4.69, 9.17) is 14.3 Å². The Morgan fingerprint density at radius 2 is 1.94 bits per heavy atom. The summed E-state index contributed by atoms with van der Waals surface area (Å²) in [5.41, 5.74) is 1.79. The van der Waals surface area contributed by atoms with E-state index in [1.54, 1.807) is 30.6 Å². The molecule has 3 rings (SSSR count). The van der Waals surface area contributed by atoms with Crippen LogP contribution in [-0.4, -0.2) is 62.1 Å². The highest BCUT2D eigenvalue weighted by molar-refractivity contribution is 5.94. The van der Waals surface area contributed by atoms with E-state index in [2.05, 4.69) is 10.1 Å². The van der Waals surface area contributed by atoms with Crippen LogP contribution in [0, 0.1) is 0 Å². The number of pyridine rings is 1. The first-order valence-electron chi connectivity index (χ1n) is 10.7. The predicted molar refractivity (Wildman–Crippen MR) is 120 cm³/mol. The first kappa shape index (κ1) is 22.4. The van der Waals surface area contributed by atoms with Crippen LogP contribution in [-0.2, 0) is 4.84 Å². The monoisotopic (exact) mass is 426 g/mol. The Morgan fingerprint density at radius 3 is 2.71 bits per heavy atom. The van der Waals surface area contributed by atoms with E-state index in [0.29, 0.717) is 24.7 Å². The minimum Gasteiger partial charge on any atom is -0.493 e. The molecule has 1 aromatic heterocycles. The molecule has 31 heavy (non-hydrogen) atoms. The quantitative estimate of drug-likeness (QED) is 0.292. The highest BCUT2D eigenvalue weighted by Gasteiger charge is 2.28. The molecule has 0 atom stereocenters. The van der Waals surface area contributed by atoms with Gasteiger partial charge in [-0.05, 0) is 56.5 Å². The molecule has 1 saturated heterocycles. The molecule has 0 N–H and O–H groups in total. The van der Waals surface area contributed by atoms with Gasteiger partial charge in [-0.15, -0.1) is 0 Å². The Hall–Kier alpha value is -3.29. The molecule has 0 bridgehead atoms. The van der Waals surface area contributed by atoms with Crippen molar-refractivity contribution in [3.63, 3.8) is 0 Å². The SMILES string of the molecule is CCON=Cc1ccc(OCCCCCN2CCN(c3ccncc3)C2=O)c(OC)c1. The summed E-state index contributed by atoms with van der Waals surface area (Å²) in [7, 11) is 1.62. The van der Waals surface area contributed by atoms with Gasteiger partial charge in [-0.1, -0.05) is 5.16 Å². The van der Waals surface area contributed by atoms with Crippen LogP contribution in [0.2, 0.25) is 0 Å². The number of hydrogen-bond donors (Lipinski definition) is 0. The summed E-state index contributed by atoms with van der Waals surface area (Å²) in [5, 5.41) is 3.87. The summed E-state index contributed by atoms with van der Waals surface area (Å²) in [6, 6.07) is 9.46. The number of benzene rings is 1. The largest absolute Gasteiger partial charge is 0.493 e. The van der Waals surface area contributed by atoms with E-state index >= 15 is 0 Å². The summed E-state index contributed by atoms with van der Waals surface area (Å²) in [6.07, 6.45) is 7.91. The van der Waals surface area contributed by atoms with Gasteiger partial charge in [0.2, 0.25) is 0 Å². The van der Waals surface area contributed by atoms with Crippen molar-refractivity contribution in [1.29, 1.82) is 0 Å². The zero-order chi connectivity index (χ0) is 21.9. The van der Waals surface area contributed by atoms with Gasteiger partial charge in [0, 0.05) is 43.3 Å². The molecule has 8 nitrogen and oxygen atoms in total. The number of oxime groups is 1. The lowest BCUT2D eigenvalue weighted by Crippen LogP contribution is -2.32. The van der Waals surface area contributed by atoms with Gasteiger partial charge >= 0.3 is 6.03 Å². The van der Waals surface area contributed by atoms with Crippen molar-refractivity contribution in [1.82, 2.24) is 9.88 Å². The van der Waals surface area contributed by atoms with Crippen molar-refractivity contribution in [3.05, 3.63) is 48.3 Å². The van der Waals surface area contributed by atoms with Crippen LogP contribution in [0.15, 0.2) is 47.9 Å². The normalized spacial score (nSPS) is 13.8. The number of unbranched alkanes of at least 4 members (excludes halogenated alkanes) is 2. The average molecular weight is 427 g/mol. The third-order valence-corrected chi connectivity index (χ3v) is 4.99. The maximum atomic E-state index is 12.6. The number of anilines is 1. The van der Waals surface area contributed by atoms with Crippen molar-refractivity contribution in [2.24, 2.45) is 5.16 Å². The molecule has 1 aliphatic rings. The number of carbonyl (C=O) groups excluding carboxylic acids is 1. The molecule has 0 radical (unpaired) electrons. The number of ether oxygens (including phenoxy) is 2. The molecule has 2 heterocycles. The third-order valence-electron chi connectivity index (χ3n) is 4.99. The number of amides is 2. The Bertz CT molecular complexity index is 860. The van der Waals surface area contributed by atoms with Crippen LogP contribution >= 0.6 is 0 Å². The van der Waals surface area contributed by atoms with Crippen LogP contribution in [0.4, 0.5) is 10.5 Å². The molecule has 1 fully saturated rings. The number of rotatable bonds is 12. The first-order chi connectivity index (χ1) is 15.2. The van der Waals surface area contributed by atoms with Crippen LogP contribution < -0.4 is 14.4 Å². The van der Waals surface area contributed by atoms with Gasteiger partial charge in [-0.3, -0.25) is 9.88 Å². The second-order valence-electron chi connectivity index (χ2n) is 7.10. The van der Waals surface area contributed by atoms with E-state index in [-0.39, 0.29) is 6.03 Å². The molecule has 0 aliphatic carbocycles. The molecular formula is C23H30N4O4. The van der Waals surface area contributed by atoms with Crippen molar-refractivity contribution in [2.75, 3.05) is 44.9 Å². The number of nitrogens with zero attached hydrogens (tertiary/aromatic N) is 4. The van der Waals surface area contributed by atoms with Gasteiger partial charge in [0.15, 0.2) is 11.5 Å². The number of carbonyl (C=O) groups is 1. The molecule has 166 valence electrons. The molecule has 1 aromatic carbocycles. The standard InChI is InChI=1S/C23H30N4O4/c1-3-31-25-18-19-7-8-21(22(17-19)29-2)30-16-6-4-5-13-26-14-15-27(23(26)28)20-9-11-24-12-10-20/h7-12,17-18H,3-6,13-16H2,1-2H3. The number of hydrogen-bond acceptors (Lipinski definition) is 6. The summed E-state index contributed by atoms with van der Waals surface area (Å²) >= 11 is 0. The van der Waals surface area contributed by atoms with Gasteiger partial charge in [0.05, 0.1) is 19.9 Å². The van der Waals surface area contributed by atoms with Crippen molar-refractivity contribution in [2.45, 2.75) is 26.2 Å². The third kappa shape index (κ3) is 6.34. The van der Waals surface area contributed by atoms with Crippen molar-refractivity contribution < 1.29 is 19.1 Å². The second-order valence-corrected chi connectivity index (χ2v) is 7.10. The fourth-order valence-corrected chi connectivity index (χ4v) is 3.37. The second kappa shape index (κ2) is 11.8. The lowest BCUT2D eigenvalue weighted by Gasteiger charge is -2.18. The zero-order valence-electron chi connectivity index (χ0n) is 18.2. The highest BCUT2D eigenvalue weighted by atomic mass is 16.6. The molecule has 2 aromatic rings. The highest BCUT2D eigenvalue weighted by Crippen LogP contribution is 2.28. The van der Waals surface area contributed by atoms with Gasteiger partial charge < -0.3 is 19.2 Å². The summed E-state index contributed by atoms with van der Waals surface area (Å²) < 4.78 is 11.3. The van der Waals surface area contributed by atoms with Crippen LogP contribution in [0.3, 0.4) is 0 Å². The fourth-order valence-electron chi connectivity index (χ4n) is 3.37. The summed E-state index contributed by atoms with van der Waals surface area (Å²) in [6.45, 7) is 5.25. The minimum absolute atomic E-state index is 0.0696. The first-order valence-corrected chi connectivity index (χ1v) is 10.7. The summed E-state index contributed by atoms with van der Waals surface area (Å²) in [5.74, 6) is 1.37. The molecule has 1 aliphatic heterocycles. The Labute approximate surface area is 183 Å². The van der Waals surface area contributed by atoms with Crippen LogP contribution in [0.5, 0.6) is 11.5 Å². The molecule has 2 amide bonds. The van der Waals surface area contributed by atoms with Crippen molar-refractivity contribution >= 4 is 17.9 Å². The predicted octanol–water partition coefficient (Wildman–Crippen LogP) is 3.95. The Balaban J connectivity index is 1.36. The van der Waals surface area contributed by atoms with Gasteiger partial charge in [0.1, 0.15) is 6.61 Å². The number of methoxy groups -OCH3 is 1. The number of urea groups is 1. The fraction of sp³-hybridized carbons (Fsp3) is 0.435. The van der Waals surface area contributed by atoms with Crippen LogP contribution in [0.1, 0.15) is 31.7 Å². The van der Waals surface area contributed by atoms with Gasteiger partial charge in [-0.25, -0.2) is 4.79 Å². The molecular weight excluding hydrogens is 396 g/mol. The topological polar surface area (TPSA) is 76.5 Å². The van der Waals surface area contributed by atoms with E-state index in [1.165, 1.54) is 0 Å². The molecule has 0 unspecified atom stereocenters. The van der Waals surface area contributed by atoms with E-state index in [9.17, 15) is 4.79 Å². The Kier molecular flexibility index (Phi) is 8.51. The lowest BCUT2D eigenvalue weighted by atomic mass is 10.2. The van der Waals surface area contributed by atoms with Crippen LogP contribution in [0.25, 0.3) is 0 Å². The van der Waals surface area contributed by atoms with Gasteiger partial charge in [-0.2, -0.15) is 0 Å². The Morgan fingerprint density at radius 1 is 1.10 bits per heavy atom. The maximum Gasteiger partial charge on any atom is 0.324 e. The molecule has 0 spiro atoms. The van der Waals surface area contributed by atoms with Gasteiger partial charge in [0.25, 0.3) is 0 Å². The molecule has 8 heteroatoms.